The second kappa shape index (κ2) is 8.33. The number of hydrogen-bond donors (Lipinski definition) is 0. The van der Waals surface area contributed by atoms with Crippen molar-refractivity contribution in [2.45, 2.75) is 46.3 Å². The molecule has 1 aromatic carbocycles. The quantitative estimate of drug-likeness (QED) is 0.779. The summed E-state index contributed by atoms with van der Waals surface area (Å²) in [5.74, 6) is 0.552. The molecule has 0 unspecified atom stereocenters. The van der Waals surface area contributed by atoms with E-state index >= 15 is 0 Å². The summed E-state index contributed by atoms with van der Waals surface area (Å²) in [6, 6.07) is 7.37. The Bertz CT molecular complexity index is 804. The Morgan fingerprint density at radius 3 is 2.52 bits per heavy atom. The van der Waals surface area contributed by atoms with Crippen LogP contribution in [0.4, 0.5) is 9.59 Å². The summed E-state index contributed by atoms with van der Waals surface area (Å²) in [4.78, 5) is 25.8. The van der Waals surface area contributed by atoms with Gasteiger partial charge in [-0.15, -0.1) is 0 Å². The summed E-state index contributed by atoms with van der Waals surface area (Å²) < 4.78 is 17.9. The Balaban J connectivity index is 2.07. The highest BCUT2D eigenvalue weighted by Gasteiger charge is 2.20. The minimum absolute atomic E-state index is 0.217. The molecule has 0 atom stereocenters. The van der Waals surface area contributed by atoms with Crippen LogP contribution in [0.15, 0.2) is 30.5 Å². The van der Waals surface area contributed by atoms with Gasteiger partial charge in [-0.2, -0.15) is 0 Å². The van der Waals surface area contributed by atoms with E-state index in [1.807, 2.05) is 39.0 Å². The van der Waals surface area contributed by atoms with Crippen LogP contribution >= 0.6 is 0 Å². The number of ether oxygens (including phenoxy) is 3. The van der Waals surface area contributed by atoms with Gasteiger partial charge in [0.25, 0.3) is 0 Å². The van der Waals surface area contributed by atoms with Gasteiger partial charge in [-0.25, -0.2) is 14.2 Å². The lowest BCUT2D eigenvalue weighted by molar-refractivity contribution is 0.0278. The Kier molecular flexibility index (Phi) is 6.36. The summed E-state index contributed by atoms with van der Waals surface area (Å²) >= 11 is 0. The minimum Gasteiger partial charge on any atom is -0.490 e. The first-order valence-corrected chi connectivity index (χ1v) is 8.96. The first-order valence-electron chi connectivity index (χ1n) is 8.96. The van der Waals surface area contributed by atoms with E-state index in [1.165, 1.54) is 9.47 Å². The fourth-order valence-electron chi connectivity index (χ4n) is 2.41. The predicted molar refractivity (Wildman–Crippen MR) is 103 cm³/mol. The number of carbonyl (C=O) groups excluding carboxylic acids is 2. The number of hydrogen-bond acceptors (Lipinski definition) is 5. The first kappa shape index (κ1) is 20.6. The molecule has 7 nitrogen and oxygen atoms in total. The Labute approximate surface area is 159 Å². The van der Waals surface area contributed by atoms with Crippen molar-refractivity contribution in [3.63, 3.8) is 0 Å². The highest BCUT2D eigenvalue weighted by molar-refractivity contribution is 5.93. The van der Waals surface area contributed by atoms with E-state index in [1.54, 1.807) is 33.2 Å². The number of nitrogens with zero attached hydrogens (tertiary/aromatic N) is 2. The number of amides is 1. The highest BCUT2D eigenvalue weighted by atomic mass is 16.6. The molecule has 0 saturated heterocycles. The first-order chi connectivity index (χ1) is 12.6. The van der Waals surface area contributed by atoms with Crippen LogP contribution in [0.2, 0.25) is 0 Å². The van der Waals surface area contributed by atoms with Crippen LogP contribution in [-0.4, -0.2) is 53.6 Å². The van der Waals surface area contributed by atoms with E-state index in [0.29, 0.717) is 17.8 Å². The van der Waals surface area contributed by atoms with Crippen LogP contribution in [0.25, 0.3) is 10.9 Å². The van der Waals surface area contributed by atoms with Crippen molar-refractivity contribution < 1.29 is 23.8 Å². The maximum Gasteiger partial charge on any atom is 0.418 e. The number of para-hydroxylation sites is 1. The van der Waals surface area contributed by atoms with Crippen molar-refractivity contribution in [3.8, 4) is 5.75 Å². The molecule has 0 N–H and O–H groups in total. The third-order valence-corrected chi connectivity index (χ3v) is 3.60. The maximum absolute atomic E-state index is 12.3. The minimum atomic E-state index is -0.546. The summed E-state index contributed by atoms with van der Waals surface area (Å²) in [5, 5.41) is 0.869. The number of fused-ring (bicyclic) bond motifs is 1. The van der Waals surface area contributed by atoms with Crippen molar-refractivity contribution in [1.82, 2.24) is 9.47 Å². The van der Waals surface area contributed by atoms with E-state index in [-0.39, 0.29) is 12.7 Å². The van der Waals surface area contributed by atoms with Crippen LogP contribution in [0, 0.1) is 0 Å². The predicted octanol–water partition coefficient (Wildman–Crippen LogP) is 4.28. The number of aromatic nitrogens is 1. The number of benzene rings is 1. The topological polar surface area (TPSA) is 70.0 Å². The van der Waals surface area contributed by atoms with Crippen LogP contribution in [0.3, 0.4) is 0 Å². The molecule has 2 rings (SSSR count). The molecule has 2 aromatic rings. The molecule has 148 valence electrons. The Morgan fingerprint density at radius 2 is 1.89 bits per heavy atom. The van der Waals surface area contributed by atoms with E-state index in [9.17, 15) is 9.59 Å². The molecule has 1 aromatic heterocycles. The van der Waals surface area contributed by atoms with Gasteiger partial charge >= 0.3 is 12.2 Å². The molecular weight excluding hydrogens is 348 g/mol. The molecule has 0 spiro atoms. The maximum atomic E-state index is 12.3. The zero-order valence-corrected chi connectivity index (χ0v) is 16.8. The third kappa shape index (κ3) is 5.64. The van der Waals surface area contributed by atoms with Gasteiger partial charge in [-0.1, -0.05) is 12.1 Å². The zero-order valence-electron chi connectivity index (χ0n) is 16.8. The number of rotatable bonds is 5. The second-order valence-electron chi connectivity index (χ2n) is 7.56. The smallest absolute Gasteiger partial charge is 0.418 e. The average molecular weight is 376 g/mol. The van der Waals surface area contributed by atoms with Crippen molar-refractivity contribution in [2.75, 3.05) is 20.2 Å². The van der Waals surface area contributed by atoms with Crippen LogP contribution in [0.5, 0.6) is 5.75 Å². The summed E-state index contributed by atoms with van der Waals surface area (Å²) in [5.41, 5.74) is 0.0955. The molecule has 0 radical (unpaired) electrons. The molecule has 7 heteroatoms. The van der Waals surface area contributed by atoms with Crippen molar-refractivity contribution in [3.05, 3.63) is 30.5 Å². The summed E-state index contributed by atoms with van der Waals surface area (Å²) in [6.07, 6.45) is 0.579. The van der Waals surface area contributed by atoms with E-state index in [2.05, 4.69) is 0 Å². The van der Waals surface area contributed by atoms with Gasteiger partial charge in [0.05, 0.1) is 12.6 Å². The van der Waals surface area contributed by atoms with Gasteiger partial charge in [-0.05, 0) is 46.8 Å². The molecule has 0 aliphatic rings. The van der Waals surface area contributed by atoms with Crippen molar-refractivity contribution in [2.24, 2.45) is 0 Å². The average Bonchev–Trinajstić information content (AvgIpc) is 2.97. The summed E-state index contributed by atoms with van der Waals surface area (Å²) in [6.45, 7) is 9.67. The molecule has 1 heterocycles. The van der Waals surface area contributed by atoms with Crippen molar-refractivity contribution in [1.29, 1.82) is 0 Å². The largest absolute Gasteiger partial charge is 0.490 e. The van der Waals surface area contributed by atoms with Gasteiger partial charge in [0.1, 0.15) is 23.5 Å². The SMILES string of the molecule is CC(C)OC(=O)n1ccc2cccc(OCCN(C)C(=O)OC(C)(C)C)c21. The highest BCUT2D eigenvalue weighted by Crippen LogP contribution is 2.27. The zero-order chi connectivity index (χ0) is 20.2. The van der Waals surface area contributed by atoms with Crippen LogP contribution in [-0.2, 0) is 9.47 Å². The second-order valence-corrected chi connectivity index (χ2v) is 7.56. The lowest BCUT2D eigenvalue weighted by Crippen LogP contribution is -2.36. The fourth-order valence-corrected chi connectivity index (χ4v) is 2.41. The lowest BCUT2D eigenvalue weighted by Gasteiger charge is -2.24. The van der Waals surface area contributed by atoms with Gasteiger partial charge < -0.3 is 19.1 Å². The Morgan fingerprint density at radius 1 is 1.19 bits per heavy atom. The van der Waals surface area contributed by atoms with Crippen molar-refractivity contribution >= 4 is 23.1 Å². The molecule has 0 saturated carbocycles. The molecule has 0 fully saturated rings. The van der Waals surface area contributed by atoms with E-state index in [4.69, 9.17) is 14.2 Å². The summed E-state index contributed by atoms with van der Waals surface area (Å²) in [7, 11) is 1.65. The number of likely N-dealkylation sites (N-methyl/N-ethyl adjacent to an activating group) is 1. The molecular formula is C20H28N2O5. The van der Waals surface area contributed by atoms with E-state index < -0.39 is 17.8 Å². The molecule has 27 heavy (non-hydrogen) atoms. The molecule has 0 aliphatic heterocycles. The monoisotopic (exact) mass is 376 g/mol. The Hall–Kier alpha value is -2.70. The third-order valence-electron chi connectivity index (χ3n) is 3.60. The van der Waals surface area contributed by atoms with E-state index in [0.717, 1.165) is 5.39 Å². The molecule has 0 bridgehead atoms. The molecule has 1 amide bonds. The van der Waals surface area contributed by atoms with Crippen LogP contribution in [0.1, 0.15) is 34.6 Å². The van der Waals surface area contributed by atoms with Gasteiger partial charge in [0.15, 0.2) is 0 Å². The fraction of sp³-hybridized carbons (Fsp3) is 0.500. The normalized spacial score (nSPS) is 11.5. The van der Waals surface area contributed by atoms with Gasteiger partial charge in [0, 0.05) is 18.6 Å². The number of carbonyl (C=O) groups is 2. The van der Waals surface area contributed by atoms with Crippen LogP contribution < -0.4 is 4.74 Å². The molecule has 0 aliphatic carbocycles. The van der Waals surface area contributed by atoms with Gasteiger partial charge in [0.2, 0.25) is 0 Å². The standard InChI is InChI=1S/C20H28N2O5/c1-14(2)26-19(24)22-11-10-15-8-7-9-16(17(15)22)25-13-12-21(6)18(23)27-20(3,4)5/h7-11,14H,12-13H2,1-6H3. The lowest BCUT2D eigenvalue weighted by atomic mass is 10.2. The van der Waals surface area contributed by atoms with Gasteiger partial charge in [-0.3, -0.25) is 0 Å².